The van der Waals surface area contributed by atoms with E-state index < -0.39 is 17.5 Å². The van der Waals surface area contributed by atoms with E-state index in [1.165, 1.54) is 35.9 Å². The van der Waals surface area contributed by atoms with E-state index >= 15 is 0 Å². The molecule has 1 atom stereocenters. The highest BCUT2D eigenvalue weighted by molar-refractivity contribution is 6.33. The van der Waals surface area contributed by atoms with Crippen LogP contribution in [0.3, 0.4) is 0 Å². The number of carbonyl (C=O) groups excluding carboxylic acids is 1. The number of nitriles is 1. The van der Waals surface area contributed by atoms with Crippen molar-refractivity contribution in [1.29, 1.82) is 5.26 Å². The Morgan fingerprint density at radius 2 is 2.06 bits per heavy atom. The number of aromatic nitrogens is 2. The van der Waals surface area contributed by atoms with E-state index in [2.05, 4.69) is 4.98 Å². The van der Waals surface area contributed by atoms with E-state index in [0.717, 1.165) is 6.07 Å². The van der Waals surface area contributed by atoms with Gasteiger partial charge in [0.25, 0.3) is 5.91 Å². The van der Waals surface area contributed by atoms with Crippen molar-refractivity contribution in [1.82, 2.24) is 14.5 Å². The highest BCUT2D eigenvalue weighted by atomic mass is 35.5. The van der Waals surface area contributed by atoms with Crippen LogP contribution in [0.2, 0.25) is 5.15 Å². The van der Waals surface area contributed by atoms with Crippen LogP contribution in [-0.4, -0.2) is 46.6 Å². The van der Waals surface area contributed by atoms with Gasteiger partial charge in [0.1, 0.15) is 22.9 Å². The lowest BCUT2D eigenvalue weighted by atomic mass is 10.1. The summed E-state index contributed by atoms with van der Waals surface area (Å²) in [6, 6.07) is 9.64. The molecule has 0 spiro atoms. The van der Waals surface area contributed by atoms with Gasteiger partial charge in [0.2, 0.25) is 0 Å². The largest absolute Gasteiger partial charge is 0.494 e. The second-order valence-corrected chi connectivity index (χ2v) is 7.69. The van der Waals surface area contributed by atoms with Gasteiger partial charge in [0.15, 0.2) is 17.3 Å². The third-order valence-corrected chi connectivity index (χ3v) is 5.63. The van der Waals surface area contributed by atoms with Gasteiger partial charge in [-0.3, -0.25) is 9.36 Å². The van der Waals surface area contributed by atoms with Gasteiger partial charge in [0, 0.05) is 30.8 Å². The van der Waals surface area contributed by atoms with Crippen LogP contribution >= 0.6 is 11.6 Å². The summed E-state index contributed by atoms with van der Waals surface area (Å²) < 4.78 is 35.1. The summed E-state index contributed by atoms with van der Waals surface area (Å²) in [7, 11) is 1.34. The third kappa shape index (κ3) is 3.79. The van der Waals surface area contributed by atoms with Crippen molar-refractivity contribution in [2.75, 3.05) is 20.2 Å². The maximum atomic E-state index is 14.4. The SMILES string of the molecule is COc1ccc(-n2c(-c3ccc(C#N)c(F)c3)nc(C(=O)N3CC[C@H](N)C3)c2Cl)cc1F. The predicted octanol–water partition coefficient (Wildman–Crippen LogP) is 3.52. The molecule has 1 saturated heterocycles. The smallest absolute Gasteiger partial charge is 0.275 e. The molecular weight excluding hydrogens is 440 g/mol. The van der Waals surface area contributed by atoms with E-state index in [9.17, 15) is 13.6 Å². The normalized spacial score (nSPS) is 15.6. The van der Waals surface area contributed by atoms with Crippen LogP contribution in [0.25, 0.3) is 17.1 Å². The molecule has 164 valence electrons. The maximum Gasteiger partial charge on any atom is 0.275 e. The molecule has 1 amide bonds. The molecule has 1 aromatic heterocycles. The van der Waals surface area contributed by atoms with Crippen molar-refractivity contribution in [3.63, 3.8) is 0 Å². The molecule has 4 rings (SSSR count). The highest BCUT2D eigenvalue weighted by Gasteiger charge is 2.31. The molecule has 3 aromatic rings. The summed E-state index contributed by atoms with van der Waals surface area (Å²) in [4.78, 5) is 19.0. The fourth-order valence-corrected chi connectivity index (χ4v) is 3.93. The van der Waals surface area contributed by atoms with Crippen molar-refractivity contribution in [2.45, 2.75) is 12.5 Å². The van der Waals surface area contributed by atoms with Crippen molar-refractivity contribution < 1.29 is 18.3 Å². The summed E-state index contributed by atoms with van der Waals surface area (Å²) in [5, 5.41) is 8.95. The van der Waals surface area contributed by atoms with E-state index in [0.29, 0.717) is 19.5 Å². The lowest BCUT2D eigenvalue weighted by molar-refractivity contribution is 0.0786. The molecule has 1 aliphatic rings. The number of halogens is 3. The first-order chi connectivity index (χ1) is 15.3. The Labute approximate surface area is 187 Å². The Balaban J connectivity index is 1.89. The minimum Gasteiger partial charge on any atom is -0.494 e. The molecule has 7 nitrogen and oxygen atoms in total. The van der Waals surface area contributed by atoms with E-state index in [-0.39, 0.29) is 45.3 Å². The summed E-state index contributed by atoms with van der Waals surface area (Å²) >= 11 is 6.57. The van der Waals surface area contributed by atoms with Crippen LogP contribution < -0.4 is 10.5 Å². The molecule has 0 bridgehead atoms. The third-order valence-electron chi connectivity index (χ3n) is 5.28. The Bertz CT molecular complexity index is 1250. The highest BCUT2D eigenvalue weighted by Crippen LogP contribution is 2.33. The topological polar surface area (TPSA) is 97.2 Å². The number of ether oxygens (including phenoxy) is 1. The van der Waals surface area contributed by atoms with Crippen LogP contribution in [-0.2, 0) is 0 Å². The first-order valence-corrected chi connectivity index (χ1v) is 10.1. The number of hydrogen-bond acceptors (Lipinski definition) is 5. The van der Waals surface area contributed by atoms with Crippen molar-refractivity contribution in [3.05, 3.63) is 64.4 Å². The second kappa shape index (κ2) is 8.57. The van der Waals surface area contributed by atoms with Crippen LogP contribution in [0.4, 0.5) is 8.78 Å². The zero-order chi connectivity index (χ0) is 23.0. The van der Waals surface area contributed by atoms with Crippen LogP contribution in [0.5, 0.6) is 5.75 Å². The Kier molecular flexibility index (Phi) is 5.82. The number of rotatable bonds is 4. The van der Waals surface area contributed by atoms with Gasteiger partial charge < -0.3 is 15.4 Å². The summed E-state index contributed by atoms with van der Waals surface area (Å²) in [5.41, 5.74) is 6.23. The number of nitrogens with zero attached hydrogens (tertiary/aromatic N) is 4. The number of methoxy groups -OCH3 is 1. The average Bonchev–Trinajstić information content (AvgIpc) is 3.36. The molecule has 1 aliphatic heterocycles. The molecule has 2 heterocycles. The van der Waals surface area contributed by atoms with Crippen molar-refractivity contribution in [2.24, 2.45) is 5.73 Å². The molecule has 32 heavy (non-hydrogen) atoms. The minimum atomic E-state index is -0.755. The molecular formula is C22H18ClF2N5O2. The molecule has 0 radical (unpaired) electrons. The standard InChI is InChI=1S/C22H18ClF2N5O2/c1-32-18-5-4-15(9-17(18)25)30-20(23)19(22(31)29-7-6-14(27)11-29)28-21(30)12-2-3-13(10-26)16(24)8-12/h2-5,8-9,14H,6-7,11,27H2,1H3/t14-/m0/s1. The van der Waals surface area contributed by atoms with Crippen molar-refractivity contribution >= 4 is 17.5 Å². The molecule has 2 aromatic carbocycles. The zero-order valence-corrected chi connectivity index (χ0v) is 17.7. The van der Waals surface area contributed by atoms with E-state index in [1.807, 2.05) is 0 Å². The zero-order valence-electron chi connectivity index (χ0n) is 17.0. The summed E-state index contributed by atoms with van der Waals surface area (Å²) in [5.74, 6) is -1.68. The minimum absolute atomic E-state index is 0.0262. The summed E-state index contributed by atoms with van der Waals surface area (Å²) in [6.45, 7) is 0.821. The molecule has 10 heteroatoms. The van der Waals surface area contributed by atoms with Gasteiger partial charge in [0.05, 0.1) is 18.4 Å². The lowest BCUT2D eigenvalue weighted by Gasteiger charge is -2.14. The van der Waals surface area contributed by atoms with Gasteiger partial charge in [-0.25, -0.2) is 13.8 Å². The van der Waals surface area contributed by atoms with Crippen LogP contribution in [0.15, 0.2) is 36.4 Å². The molecule has 0 unspecified atom stereocenters. The number of imidazole rings is 1. The van der Waals surface area contributed by atoms with Gasteiger partial charge in [-0.05, 0) is 36.8 Å². The molecule has 0 saturated carbocycles. The number of benzene rings is 2. The fourth-order valence-electron chi connectivity index (χ4n) is 3.63. The van der Waals surface area contributed by atoms with E-state index in [1.54, 1.807) is 17.0 Å². The number of nitrogens with two attached hydrogens (primary N) is 1. The number of likely N-dealkylation sites (tertiary alicyclic amines) is 1. The molecule has 2 N–H and O–H groups in total. The lowest BCUT2D eigenvalue weighted by Crippen LogP contribution is -2.32. The second-order valence-electron chi connectivity index (χ2n) is 7.34. The van der Waals surface area contributed by atoms with Gasteiger partial charge in [-0.1, -0.05) is 11.6 Å². The van der Waals surface area contributed by atoms with Crippen LogP contribution in [0.1, 0.15) is 22.5 Å². The summed E-state index contributed by atoms with van der Waals surface area (Å²) in [6.07, 6.45) is 0.654. The Morgan fingerprint density at radius 3 is 2.66 bits per heavy atom. The number of amides is 1. The first kappa shape index (κ1) is 21.7. The molecule has 0 aliphatic carbocycles. The monoisotopic (exact) mass is 457 g/mol. The van der Waals surface area contributed by atoms with Gasteiger partial charge >= 0.3 is 0 Å². The molecule has 1 fully saturated rings. The number of carbonyl (C=O) groups is 1. The first-order valence-electron chi connectivity index (χ1n) is 9.71. The van der Waals surface area contributed by atoms with Crippen molar-refractivity contribution in [3.8, 4) is 28.9 Å². The predicted molar refractivity (Wildman–Crippen MR) is 114 cm³/mol. The van der Waals surface area contributed by atoms with Gasteiger partial charge in [-0.2, -0.15) is 5.26 Å². The van der Waals surface area contributed by atoms with Crippen LogP contribution in [0, 0.1) is 23.0 Å². The maximum absolute atomic E-state index is 14.4. The average molecular weight is 458 g/mol. The quantitative estimate of drug-likeness (QED) is 0.646. The van der Waals surface area contributed by atoms with E-state index in [4.69, 9.17) is 27.3 Å². The Morgan fingerprint density at radius 1 is 1.28 bits per heavy atom. The Hall–Kier alpha value is -3.48. The fraction of sp³-hybridized carbons (Fsp3) is 0.227. The number of hydrogen-bond donors (Lipinski definition) is 1. The van der Waals surface area contributed by atoms with Gasteiger partial charge in [-0.15, -0.1) is 0 Å².